The van der Waals surface area contributed by atoms with E-state index in [9.17, 15) is 8.42 Å². The van der Waals surface area contributed by atoms with E-state index in [1.165, 1.54) is 38.5 Å². The van der Waals surface area contributed by atoms with Crippen molar-refractivity contribution in [3.8, 4) is 0 Å². The van der Waals surface area contributed by atoms with E-state index in [0.29, 0.717) is 17.0 Å². The largest absolute Gasteiger partial charge is 0.296 e. The van der Waals surface area contributed by atoms with Crippen LogP contribution in [0, 0.1) is 17.8 Å². The summed E-state index contributed by atoms with van der Waals surface area (Å²) >= 11 is 0. The summed E-state index contributed by atoms with van der Waals surface area (Å²) in [5.41, 5.74) is 0.407. The summed E-state index contributed by atoms with van der Waals surface area (Å²) in [7, 11) is -2.73. The van der Waals surface area contributed by atoms with Gasteiger partial charge in [-0.2, -0.15) is 0 Å². The molecule has 102 valence electrons. The van der Waals surface area contributed by atoms with E-state index in [-0.39, 0.29) is 0 Å². The highest BCUT2D eigenvalue weighted by Gasteiger charge is 2.53. The molecule has 1 saturated heterocycles. The molecule has 5 rings (SSSR count). The van der Waals surface area contributed by atoms with Gasteiger partial charge in [-0.25, -0.2) is 8.42 Å². The van der Waals surface area contributed by atoms with Crippen molar-refractivity contribution >= 4 is 9.84 Å². The van der Waals surface area contributed by atoms with Crippen molar-refractivity contribution in [2.24, 2.45) is 17.8 Å². The molecule has 4 bridgehead atoms. The molecule has 0 aromatic heterocycles. The molecule has 18 heavy (non-hydrogen) atoms. The monoisotopic (exact) mass is 269 g/mol. The van der Waals surface area contributed by atoms with E-state index in [0.717, 1.165) is 30.8 Å². The molecule has 1 heterocycles. The Morgan fingerprint density at radius 2 is 1.28 bits per heavy atom. The molecule has 4 heteroatoms. The third-order valence-corrected chi connectivity index (χ3v) is 7.63. The van der Waals surface area contributed by atoms with Crippen LogP contribution in [0.3, 0.4) is 0 Å². The Kier molecular flexibility index (Phi) is 2.42. The molecule has 0 amide bonds. The fourth-order valence-electron chi connectivity index (χ4n) is 5.64. The summed E-state index contributed by atoms with van der Waals surface area (Å²) in [4.78, 5) is 2.57. The van der Waals surface area contributed by atoms with Crippen LogP contribution in [0.1, 0.15) is 38.5 Å². The molecule has 5 aliphatic rings. The van der Waals surface area contributed by atoms with Crippen LogP contribution in [-0.2, 0) is 9.84 Å². The van der Waals surface area contributed by atoms with Gasteiger partial charge in [0, 0.05) is 18.6 Å². The quantitative estimate of drug-likeness (QED) is 0.727. The summed E-state index contributed by atoms with van der Waals surface area (Å²) in [5.74, 6) is 3.66. The van der Waals surface area contributed by atoms with Gasteiger partial charge in [0.05, 0.1) is 11.5 Å². The van der Waals surface area contributed by atoms with E-state index in [1.54, 1.807) is 0 Å². The second kappa shape index (κ2) is 3.72. The van der Waals surface area contributed by atoms with E-state index in [4.69, 9.17) is 0 Å². The maximum Gasteiger partial charge on any atom is 0.152 e. The van der Waals surface area contributed by atoms with Gasteiger partial charge in [0.2, 0.25) is 0 Å². The first-order valence-corrected chi connectivity index (χ1v) is 9.32. The first-order chi connectivity index (χ1) is 8.55. The molecule has 5 fully saturated rings. The number of rotatable bonds is 1. The Morgan fingerprint density at radius 3 is 1.72 bits per heavy atom. The zero-order valence-corrected chi connectivity index (χ0v) is 11.8. The molecular weight excluding hydrogens is 246 g/mol. The topological polar surface area (TPSA) is 37.4 Å². The van der Waals surface area contributed by atoms with E-state index in [1.807, 2.05) is 0 Å². The Morgan fingerprint density at radius 1 is 0.833 bits per heavy atom. The Balaban J connectivity index is 1.57. The van der Waals surface area contributed by atoms with Gasteiger partial charge >= 0.3 is 0 Å². The van der Waals surface area contributed by atoms with Crippen LogP contribution in [0.2, 0.25) is 0 Å². The third kappa shape index (κ3) is 1.75. The van der Waals surface area contributed by atoms with Crippen molar-refractivity contribution in [2.75, 3.05) is 24.6 Å². The average Bonchev–Trinajstić information content (AvgIpc) is 2.26. The second-order valence-electron chi connectivity index (χ2n) is 7.28. The first kappa shape index (κ1) is 11.7. The molecule has 0 N–H and O–H groups in total. The third-order valence-electron chi connectivity index (χ3n) is 6.02. The first-order valence-electron chi connectivity index (χ1n) is 7.50. The smallest absolute Gasteiger partial charge is 0.152 e. The minimum atomic E-state index is -2.73. The van der Waals surface area contributed by atoms with Crippen LogP contribution in [0.25, 0.3) is 0 Å². The molecule has 0 radical (unpaired) electrons. The lowest BCUT2D eigenvalue weighted by atomic mass is 9.52. The fourth-order valence-corrected chi connectivity index (χ4v) is 6.84. The Bertz CT molecular complexity index is 407. The van der Waals surface area contributed by atoms with Gasteiger partial charge < -0.3 is 0 Å². The van der Waals surface area contributed by atoms with Gasteiger partial charge in [-0.3, -0.25) is 4.90 Å². The van der Waals surface area contributed by atoms with E-state index < -0.39 is 9.84 Å². The molecule has 0 aromatic carbocycles. The number of hydrogen-bond donors (Lipinski definition) is 0. The van der Waals surface area contributed by atoms with Crippen molar-refractivity contribution in [3.63, 3.8) is 0 Å². The number of hydrogen-bond acceptors (Lipinski definition) is 3. The zero-order chi connectivity index (χ0) is 12.4. The summed E-state index contributed by atoms with van der Waals surface area (Å²) in [6.07, 6.45) is 8.47. The van der Waals surface area contributed by atoms with Gasteiger partial charge in [-0.15, -0.1) is 0 Å². The average molecular weight is 269 g/mol. The van der Waals surface area contributed by atoms with E-state index in [2.05, 4.69) is 4.90 Å². The summed E-state index contributed by atoms with van der Waals surface area (Å²) in [6.45, 7) is 1.60. The van der Waals surface area contributed by atoms with Crippen LogP contribution in [0.5, 0.6) is 0 Å². The standard InChI is InChI=1S/C14H23NO2S/c16-18(17)3-1-15(2-4-18)14-8-11-5-12(9-14)7-13(6-11)10-14/h11-13H,1-10H2. The molecule has 3 nitrogen and oxygen atoms in total. The highest BCUT2D eigenvalue weighted by molar-refractivity contribution is 7.91. The van der Waals surface area contributed by atoms with Crippen LogP contribution in [0.15, 0.2) is 0 Å². The lowest BCUT2D eigenvalue weighted by Crippen LogP contribution is -2.62. The minimum absolute atomic E-state index is 0.398. The minimum Gasteiger partial charge on any atom is -0.296 e. The molecule has 0 aromatic rings. The summed E-state index contributed by atoms with van der Waals surface area (Å²) in [5, 5.41) is 0. The molecule has 0 atom stereocenters. The summed E-state index contributed by atoms with van der Waals surface area (Å²) < 4.78 is 23.2. The van der Waals surface area contributed by atoms with Gasteiger partial charge in [0.25, 0.3) is 0 Å². The highest BCUT2D eigenvalue weighted by Crippen LogP contribution is 2.57. The van der Waals surface area contributed by atoms with Crippen molar-refractivity contribution in [1.29, 1.82) is 0 Å². The number of nitrogens with zero attached hydrogens (tertiary/aromatic N) is 1. The maximum atomic E-state index is 11.6. The van der Waals surface area contributed by atoms with Crippen molar-refractivity contribution in [2.45, 2.75) is 44.1 Å². The molecule has 4 saturated carbocycles. The molecule has 4 aliphatic carbocycles. The number of sulfone groups is 1. The van der Waals surface area contributed by atoms with Gasteiger partial charge in [-0.05, 0) is 56.3 Å². The lowest BCUT2D eigenvalue weighted by molar-refractivity contribution is -0.0856. The zero-order valence-electron chi connectivity index (χ0n) is 11.0. The van der Waals surface area contributed by atoms with Crippen LogP contribution >= 0.6 is 0 Å². The molecule has 1 aliphatic heterocycles. The Labute approximate surface area is 110 Å². The maximum absolute atomic E-state index is 11.6. The Hall–Kier alpha value is -0.0900. The van der Waals surface area contributed by atoms with Gasteiger partial charge in [-0.1, -0.05) is 0 Å². The molecule has 0 unspecified atom stereocenters. The highest BCUT2D eigenvalue weighted by atomic mass is 32.2. The van der Waals surface area contributed by atoms with Gasteiger partial charge in [0.15, 0.2) is 9.84 Å². The fraction of sp³-hybridized carbons (Fsp3) is 1.00. The van der Waals surface area contributed by atoms with Crippen molar-refractivity contribution < 1.29 is 8.42 Å². The second-order valence-corrected chi connectivity index (χ2v) is 9.58. The van der Waals surface area contributed by atoms with Crippen molar-refractivity contribution in [3.05, 3.63) is 0 Å². The molecule has 0 spiro atoms. The molecular formula is C14H23NO2S. The van der Waals surface area contributed by atoms with Crippen LogP contribution in [0.4, 0.5) is 0 Å². The predicted octanol–water partition coefficient (Wildman–Crippen LogP) is 1.69. The lowest BCUT2D eigenvalue weighted by Gasteiger charge is -2.61. The van der Waals surface area contributed by atoms with Crippen molar-refractivity contribution in [1.82, 2.24) is 4.90 Å². The predicted molar refractivity (Wildman–Crippen MR) is 71.1 cm³/mol. The van der Waals surface area contributed by atoms with Crippen LogP contribution in [-0.4, -0.2) is 43.5 Å². The van der Waals surface area contributed by atoms with E-state index >= 15 is 0 Å². The van der Waals surface area contributed by atoms with Crippen LogP contribution < -0.4 is 0 Å². The SMILES string of the molecule is O=S1(=O)CCN(C23CC4CC(CC(C4)C2)C3)CC1. The van der Waals surface area contributed by atoms with Gasteiger partial charge in [0.1, 0.15) is 0 Å². The normalized spacial score (nSPS) is 50.6. The summed E-state index contributed by atoms with van der Waals surface area (Å²) in [6, 6.07) is 0.